The van der Waals surface area contributed by atoms with Gasteiger partial charge in [0.25, 0.3) is 10.2 Å². The Labute approximate surface area is 120 Å². The fourth-order valence-electron chi connectivity index (χ4n) is 3.15. The van der Waals surface area contributed by atoms with Crippen LogP contribution in [0.5, 0.6) is 0 Å². The molecule has 4 N–H and O–H groups in total. The maximum absolute atomic E-state index is 12.6. The van der Waals surface area contributed by atoms with Crippen molar-refractivity contribution in [3.8, 4) is 0 Å². The number of rotatable bonds is 2. The molecular weight excluding hydrogens is 280 g/mol. The van der Waals surface area contributed by atoms with Gasteiger partial charge < -0.3 is 10.6 Å². The monoisotopic (exact) mass is 304 g/mol. The van der Waals surface area contributed by atoms with Crippen molar-refractivity contribution in [1.29, 1.82) is 0 Å². The lowest BCUT2D eigenvalue weighted by molar-refractivity contribution is -0.140. The van der Waals surface area contributed by atoms with Crippen molar-refractivity contribution in [1.82, 2.24) is 9.21 Å². The van der Waals surface area contributed by atoms with Crippen LogP contribution in [0.25, 0.3) is 0 Å². The van der Waals surface area contributed by atoms with Crippen LogP contribution in [0.15, 0.2) is 0 Å². The Bertz CT molecular complexity index is 469. The quantitative estimate of drug-likeness (QED) is 0.699. The van der Waals surface area contributed by atoms with Crippen molar-refractivity contribution < 1.29 is 13.2 Å². The first kappa shape index (κ1) is 15.7. The van der Waals surface area contributed by atoms with Crippen LogP contribution in [0, 0.1) is 5.92 Å². The van der Waals surface area contributed by atoms with E-state index in [1.807, 2.05) is 6.92 Å². The molecule has 2 atom stereocenters. The first-order chi connectivity index (χ1) is 9.22. The van der Waals surface area contributed by atoms with Gasteiger partial charge in [-0.3, -0.25) is 4.79 Å². The minimum absolute atomic E-state index is 0.0590. The molecule has 20 heavy (non-hydrogen) atoms. The van der Waals surface area contributed by atoms with Crippen molar-refractivity contribution in [3.05, 3.63) is 0 Å². The summed E-state index contributed by atoms with van der Waals surface area (Å²) < 4.78 is 23.7. The summed E-state index contributed by atoms with van der Waals surface area (Å²) in [6.45, 7) is 3.25. The average molecular weight is 304 g/mol. The SMILES string of the molecule is CC1(N)CCCCC1C(=O)N1CCN(S(N)(=O)=O)CC1. The minimum Gasteiger partial charge on any atom is -0.340 e. The number of hydrogen-bond acceptors (Lipinski definition) is 4. The van der Waals surface area contributed by atoms with Crippen LogP contribution < -0.4 is 10.9 Å². The Balaban J connectivity index is 1.98. The topological polar surface area (TPSA) is 110 Å². The molecule has 1 amide bonds. The zero-order chi connectivity index (χ0) is 15.0. The van der Waals surface area contributed by atoms with E-state index in [1.165, 1.54) is 4.31 Å². The van der Waals surface area contributed by atoms with Gasteiger partial charge in [0.2, 0.25) is 5.91 Å². The lowest BCUT2D eigenvalue weighted by Crippen LogP contribution is -2.58. The number of amides is 1. The van der Waals surface area contributed by atoms with Crippen LogP contribution >= 0.6 is 0 Å². The van der Waals surface area contributed by atoms with Gasteiger partial charge in [0.1, 0.15) is 0 Å². The molecule has 0 radical (unpaired) electrons. The van der Waals surface area contributed by atoms with Gasteiger partial charge in [0.05, 0.1) is 5.92 Å². The van der Waals surface area contributed by atoms with Gasteiger partial charge in [-0.2, -0.15) is 12.7 Å². The third-order valence-electron chi connectivity index (χ3n) is 4.46. The molecule has 0 bridgehead atoms. The zero-order valence-corrected chi connectivity index (χ0v) is 12.7. The van der Waals surface area contributed by atoms with Crippen LogP contribution in [0.3, 0.4) is 0 Å². The largest absolute Gasteiger partial charge is 0.340 e. The normalized spacial score (nSPS) is 33.1. The highest BCUT2D eigenvalue weighted by Crippen LogP contribution is 2.33. The van der Waals surface area contributed by atoms with Crippen LogP contribution in [0.2, 0.25) is 0 Å². The first-order valence-corrected chi connectivity index (χ1v) is 8.58. The molecule has 1 saturated carbocycles. The summed E-state index contributed by atoms with van der Waals surface area (Å²) in [5.41, 5.74) is 5.80. The number of nitrogens with zero attached hydrogens (tertiary/aromatic N) is 2. The number of piperazine rings is 1. The number of nitrogens with two attached hydrogens (primary N) is 2. The lowest BCUT2D eigenvalue weighted by atomic mass is 9.74. The Hall–Kier alpha value is -0.700. The standard InChI is InChI=1S/C12H24N4O3S/c1-12(13)5-3-2-4-10(12)11(17)15-6-8-16(9-7-15)20(14,18)19/h10H,2-9,13H2,1H3,(H2,14,18,19). The molecule has 1 saturated heterocycles. The summed E-state index contributed by atoms with van der Waals surface area (Å²) in [6, 6.07) is 0. The van der Waals surface area contributed by atoms with Crippen LogP contribution in [0.1, 0.15) is 32.6 Å². The van der Waals surface area contributed by atoms with E-state index in [1.54, 1.807) is 4.90 Å². The Kier molecular flexibility index (Phi) is 4.38. The highest BCUT2D eigenvalue weighted by Gasteiger charge is 2.40. The van der Waals surface area contributed by atoms with Gasteiger partial charge in [0, 0.05) is 31.7 Å². The van der Waals surface area contributed by atoms with Crippen LogP contribution in [-0.2, 0) is 15.0 Å². The molecule has 2 fully saturated rings. The molecule has 0 spiro atoms. The predicted octanol–water partition coefficient (Wildman–Crippen LogP) is -0.758. The third-order valence-corrected chi connectivity index (χ3v) is 5.55. The number of hydrogen-bond donors (Lipinski definition) is 2. The molecule has 1 heterocycles. The van der Waals surface area contributed by atoms with Crippen LogP contribution in [-0.4, -0.2) is 55.2 Å². The summed E-state index contributed by atoms with van der Waals surface area (Å²) in [7, 11) is -3.65. The summed E-state index contributed by atoms with van der Waals surface area (Å²) in [6.07, 6.45) is 3.78. The molecule has 0 aromatic rings. The van der Waals surface area contributed by atoms with Gasteiger partial charge in [-0.1, -0.05) is 12.8 Å². The lowest BCUT2D eigenvalue weighted by Gasteiger charge is -2.42. The van der Waals surface area contributed by atoms with Crippen molar-refractivity contribution >= 4 is 16.1 Å². The highest BCUT2D eigenvalue weighted by molar-refractivity contribution is 7.86. The highest BCUT2D eigenvalue weighted by atomic mass is 32.2. The van der Waals surface area contributed by atoms with Gasteiger partial charge in [-0.15, -0.1) is 0 Å². The molecule has 7 nitrogen and oxygen atoms in total. The number of carbonyl (C=O) groups excluding carboxylic acids is 1. The van der Waals surface area contributed by atoms with Crippen molar-refractivity contribution in [2.45, 2.75) is 38.1 Å². The van der Waals surface area contributed by atoms with E-state index in [-0.39, 0.29) is 24.9 Å². The van der Waals surface area contributed by atoms with Gasteiger partial charge in [-0.25, -0.2) is 5.14 Å². The Morgan fingerprint density at radius 1 is 1.20 bits per heavy atom. The maximum atomic E-state index is 12.6. The zero-order valence-electron chi connectivity index (χ0n) is 11.9. The maximum Gasteiger partial charge on any atom is 0.277 e. The molecule has 2 rings (SSSR count). The van der Waals surface area contributed by atoms with Gasteiger partial charge in [0.15, 0.2) is 0 Å². The molecule has 1 aliphatic heterocycles. The second-order valence-electron chi connectivity index (χ2n) is 6.07. The fraction of sp³-hybridized carbons (Fsp3) is 0.917. The van der Waals surface area contributed by atoms with E-state index in [0.29, 0.717) is 13.1 Å². The summed E-state index contributed by atoms with van der Waals surface area (Å²) in [5, 5.41) is 5.09. The van der Waals surface area contributed by atoms with Gasteiger partial charge in [-0.05, 0) is 19.8 Å². The van der Waals surface area contributed by atoms with E-state index in [0.717, 1.165) is 25.7 Å². The van der Waals surface area contributed by atoms with E-state index < -0.39 is 15.7 Å². The molecule has 2 aliphatic rings. The Morgan fingerprint density at radius 3 is 2.30 bits per heavy atom. The summed E-state index contributed by atoms with van der Waals surface area (Å²) in [4.78, 5) is 14.3. The van der Waals surface area contributed by atoms with E-state index in [4.69, 9.17) is 10.9 Å². The van der Waals surface area contributed by atoms with Crippen LogP contribution in [0.4, 0.5) is 0 Å². The molecule has 0 aromatic heterocycles. The molecule has 2 unspecified atom stereocenters. The summed E-state index contributed by atoms with van der Waals surface area (Å²) in [5.74, 6) is -0.0962. The Morgan fingerprint density at radius 2 is 1.80 bits per heavy atom. The van der Waals surface area contributed by atoms with Crippen molar-refractivity contribution in [3.63, 3.8) is 0 Å². The fourth-order valence-corrected chi connectivity index (χ4v) is 3.82. The van der Waals surface area contributed by atoms with Gasteiger partial charge >= 0.3 is 0 Å². The second kappa shape index (κ2) is 5.59. The summed E-state index contributed by atoms with van der Waals surface area (Å²) >= 11 is 0. The van der Waals surface area contributed by atoms with E-state index >= 15 is 0 Å². The molecular formula is C12H24N4O3S. The van der Waals surface area contributed by atoms with E-state index in [9.17, 15) is 13.2 Å². The minimum atomic E-state index is -3.65. The van der Waals surface area contributed by atoms with Crippen molar-refractivity contribution in [2.75, 3.05) is 26.2 Å². The average Bonchev–Trinajstić information content (AvgIpc) is 2.36. The van der Waals surface area contributed by atoms with Crippen molar-refractivity contribution in [2.24, 2.45) is 16.8 Å². The predicted molar refractivity (Wildman–Crippen MR) is 75.8 cm³/mol. The second-order valence-corrected chi connectivity index (χ2v) is 7.62. The first-order valence-electron chi connectivity index (χ1n) is 7.07. The molecule has 0 aromatic carbocycles. The third kappa shape index (κ3) is 3.30. The smallest absolute Gasteiger partial charge is 0.277 e. The molecule has 1 aliphatic carbocycles. The number of carbonyl (C=O) groups is 1. The molecule has 8 heteroatoms. The van der Waals surface area contributed by atoms with E-state index in [2.05, 4.69) is 0 Å². The molecule has 116 valence electrons.